The lowest BCUT2D eigenvalue weighted by molar-refractivity contribution is -0.0761. The van der Waals surface area contributed by atoms with Crippen molar-refractivity contribution in [3.05, 3.63) is 15.1 Å². The van der Waals surface area contributed by atoms with Crippen LogP contribution >= 0.6 is 22.6 Å². The molecule has 4 nitrogen and oxygen atoms in total. The Morgan fingerprint density at radius 2 is 2.11 bits per heavy atom. The van der Waals surface area contributed by atoms with Crippen molar-refractivity contribution in [3.8, 4) is 0 Å². The number of halogens is 1. The van der Waals surface area contributed by atoms with Crippen LogP contribution in [0.4, 0.5) is 5.82 Å². The maximum atomic E-state index is 5.97. The van der Waals surface area contributed by atoms with Crippen molar-refractivity contribution in [1.82, 2.24) is 9.97 Å². The van der Waals surface area contributed by atoms with Crippen LogP contribution < -0.4 is 5.32 Å². The Morgan fingerprint density at radius 1 is 1.32 bits per heavy atom. The van der Waals surface area contributed by atoms with Gasteiger partial charge in [-0.15, -0.1) is 0 Å². The van der Waals surface area contributed by atoms with Crippen molar-refractivity contribution in [3.63, 3.8) is 0 Å². The first kappa shape index (κ1) is 15.0. The van der Waals surface area contributed by atoms with Crippen LogP contribution in [-0.2, 0) is 16.8 Å². The molecule has 2 rings (SSSR count). The molecule has 1 unspecified atom stereocenters. The summed E-state index contributed by atoms with van der Waals surface area (Å²) >= 11 is 2.33. The van der Waals surface area contributed by atoms with E-state index < -0.39 is 0 Å². The Labute approximate surface area is 128 Å². The summed E-state index contributed by atoms with van der Waals surface area (Å²) in [4.78, 5) is 9.46. The Kier molecular flexibility index (Phi) is 5.00. The van der Waals surface area contributed by atoms with Crippen molar-refractivity contribution in [2.75, 3.05) is 18.5 Å². The van der Waals surface area contributed by atoms with Crippen molar-refractivity contribution < 1.29 is 4.74 Å². The summed E-state index contributed by atoms with van der Waals surface area (Å²) in [5, 5.41) is 3.33. The standard InChI is InChI=1S/C14H22IN3O/c1-4-10-11(15)12(16-5-2)18-13(17-10)14(3)8-6-7-9-19-14/h4-9H2,1-3H3,(H,16,17,18). The maximum Gasteiger partial charge on any atom is 0.162 e. The molecule has 0 bridgehead atoms. The fourth-order valence-electron chi connectivity index (χ4n) is 2.36. The number of hydrogen-bond acceptors (Lipinski definition) is 4. The zero-order valence-electron chi connectivity index (χ0n) is 11.9. The highest BCUT2D eigenvalue weighted by atomic mass is 127. The van der Waals surface area contributed by atoms with E-state index in [1.807, 2.05) is 0 Å². The molecule has 0 aromatic carbocycles. The zero-order chi connectivity index (χ0) is 13.9. The van der Waals surface area contributed by atoms with Crippen molar-refractivity contribution in [2.45, 2.75) is 52.1 Å². The number of hydrogen-bond donors (Lipinski definition) is 1. The molecule has 106 valence electrons. The first-order valence-corrected chi connectivity index (χ1v) is 8.13. The molecule has 0 radical (unpaired) electrons. The number of ether oxygens (including phenoxy) is 1. The van der Waals surface area contributed by atoms with Gasteiger partial charge in [0.15, 0.2) is 5.82 Å². The van der Waals surface area contributed by atoms with E-state index in [0.717, 1.165) is 53.3 Å². The molecule has 1 fully saturated rings. The molecule has 0 spiro atoms. The minimum absolute atomic E-state index is 0.323. The monoisotopic (exact) mass is 375 g/mol. The van der Waals surface area contributed by atoms with Gasteiger partial charge in [0.05, 0.1) is 9.26 Å². The second-order valence-corrected chi connectivity index (χ2v) is 6.16. The quantitative estimate of drug-likeness (QED) is 0.819. The van der Waals surface area contributed by atoms with Crippen LogP contribution in [0.5, 0.6) is 0 Å². The average Bonchev–Trinajstić information content (AvgIpc) is 2.42. The van der Waals surface area contributed by atoms with Gasteiger partial charge in [-0.3, -0.25) is 0 Å². The first-order valence-electron chi connectivity index (χ1n) is 7.05. The molecular formula is C14H22IN3O. The van der Waals surface area contributed by atoms with Gasteiger partial charge in [0.25, 0.3) is 0 Å². The van der Waals surface area contributed by atoms with E-state index in [0.29, 0.717) is 0 Å². The lowest BCUT2D eigenvalue weighted by atomic mass is 9.95. The Hall–Kier alpha value is -0.430. The lowest BCUT2D eigenvalue weighted by Gasteiger charge is -2.33. The molecule has 1 saturated heterocycles. The van der Waals surface area contributed by atoms with E-state index in [4.69, 9.17) is 14.7 Å². The molecule has 19 heavy (non-hydrogen) atoms. The topological polar surface area (TPSA) is 47.0 Å². The summed E-state index contributed by atoms with van der Waals surface area (Å²) in [7, 11) is 0. The normalized spacial score (nSPS) is 23.4. The van der Waals surface area contributed by atoms with Crippen LogP contribution in [0.3, 0.4) is 0 Å². The van der Waals surface area contributed by atoms with Gasteiger partial charge in [0, 0.05) is 13.2 Å². The second-order valence-electron chi connectivity index (χ2n) is 5.08. The van der Waals surface area contributed by atoms with Gasteiger partial charge in [-0.2, -0.15) is 0 Å². The van der Waals surface area contributed by atoms with E-state index in [9.17, 15) is 0 Å². The van der Waals surface area contributed by atoms with E-state index in [1.165, 1.54) is 6.42 Å². The predicted octanol–water partition coefficient (Wildman–Crippen LogP) is 3.49. The first-order chi connectivity index (χ1) is 9.10. The smallest absolute Gasteiger partial charge is 0.162 e. The minimum Gasteiger partial charge on any atom is -0.369 e. The highest BCUT2D eigenvalue weighted by Crippen LogP contribution is 2.34. The summed E-state index contributed by atoms with van der Waals surface area (Å²) in [5.74, 6) is 1.78. The Bertz CT molecular complexity index is 445. The molecule has 1 N–H and O–H groups in total. The van der Waals surface area contributed by atoms with Gasteiger partial charge >= 0.3 is 0 Å². The molecule has 0 saturated carbocycles. The molecule has 5 heteroatoms. The molecule has 1 aromatic heterocycles. The number of anilines is 1. The average molecular weight is 375 g/mol. The van der Waals surface area contributed by atoms with Crippen LogP contribution in [0, 0.1) is 3.57 Å². The van der Waals surface area contributed by atoms with Gasteiger partial charge in [-0.25, -0.2) is 9.97 Å². The third kappa shape index (κ3) is 3.18. The third-order valence-electron chi connectivity index (χ3n) is 3.54. The number of nitrogens with zero attached hydrogens (tertiary/aromatic N) is 2. The summed E-state index contributed by atoms with van der Waals surface area (Å²) < 4.78 is 7.10. The van der Waals surface area contributed by atoms with Gasteiger partial charge in [-0.1, -0.05) is 6.92 Å². The minimum atomic E-state index is -0.323. The predicted molar refractivity (Wildman–Crippen MR) is 85.4 cm³/mol. The van der Waals surface area contributed by atoms with E-state index >= 15 is 0 Å². The van der Waals surface area contributed by atoms with Crippen LogP contribution in [0.15, 0.2) is 0 Å². The van der Waals surface area contributed by atoms with Crippen molar-refractivity contribution in [1.29, 1.82) is 0 Å². The molecule has 1 aliphatic rings. The fraction of sp³-hybridized carbons (Fsp3) is 0.714. The molecule has 2 heterocycles. The van der Waals surface area contributed by atoms with Crippen LogP contribution in [0.1, 0.15) is 51.6 Å². The van der Waals surface area contributed by atoms with Crippen LogP contribution in [0.25, 0.3) is 0 Å². The summed E-state index contributed by atoms with van der Waals surface area (Å²) in [6.07, 6.45) is 4.25. The third-order valence-corrected chi connectivity index (χ3v) is 4.67. The van der Waals surface area contributed by atoms with E-state index in [2.05, 4.69) is 48.7 Å². The highest BCUT2D eigenvalue weighted by Gasteiger charge is 2.34. The molecule has 0 amide bonds. The van der Waals surface area contributed by atoms with Crippen LogP contribution in [-0.4, -0.2) is 23.1 Å². The molecule has 1 aliphatic heterocycles. The molecule has 1 atom stereocenters. The molecular weight excluding hydrogens is 353 g/mol. The van der Waals surface area contributed by atoms with E-state index in [-0.39, 0.29) is 5.60 Å². The van der Waals surface area contributed by atoms with Crippen molar-refractivity contribution >= 4 is 28.4 Å². The lowest BCUT2D eigenvalue weighted by Crippen LogP contribution is -2.33. The fourth-order valence-corrected chi connectivity index (χ4v) is 3.17. The van der Waals surface area contributed by atoms with Crippen molar-refractivity contribution in [2.24, 2.45) is 0 Å². The van der Waals surface area contributed by atoms with Gasteiger partial charge < -0.3 is 10.1 Å². The largest absolute Gasteiger partial charge is 0.369 e. The van der Waals surface area contributed by atoms with E-state index in [1.54, 1.807) is 0 Å². The SMILES string of the molecule is CCNc1nc(C2(C)CCCCO2)nc(CC)c1I. The Balaban J connectivity index is 2.41. The zero-order valence-corrected chi connectivity index (χ0v) is 14.1. The number of aryl methyl sites for hydroxylation is 1. The van der Waals surface area contributed by atoms with Gasteiger partial charge in [-0.05, 0) is 62.1 Å². The molecule has 1 aromatic rings. The van der Waals surface area contributed by atoms with Gasteiger partial charge in [0.1, 0.15) is 11.4 Å². The summed E-state index contributed by atoms with van der Waals surface area (Å²) in [6, 6.07) is 0. The molecule has 0 aliphatic carbocycles. The number of aromatic nitrogens is 2. The Morgan fingerprint density at radius 3 is 2.68 bits per heavy atom. The number of nitrogens with one attached hydrogen (secondary N) is 1. The van der Waals surface area contributed by atoms with Crippen LogP contribution in [0.2, 0.25) is 0 Å². The summed E-state index contributed by atoms with van der Waals surface area (Å²) in [5.41, 5.74) is 0.786. The maximum absolute atomic E-state index is 5.97. The summed E-state index contributed by atoms with van der Waals surface area (Å²) in [6.45, 7) is 8.01. The number of rotatable bonds is 4. The second kappa shape index (κ2) is 6.35. The van der Waals surface area contributed by atoms with Gasteiger partial charge in [0.2, 0.25) is 0 Å². The highest BCUT2D eigenvalue weighted by molar-refractivity contribution is 14.1.